The van der Waals surface area contributed by atoms with Crippen molar-refractivity contribution in [2.24, 2.45) is 0 Å². The van der Waals surface area contributed by atoms with Crippen LogP contribution in [-0.4, -0.2) is 43.5 Å². The van der Waals surface area contributed by atoms with E-state index in [0.29, 0.717) is 6.54 Å². The lowest BCUT2D eigenvalue weighted by molar-refractivity contribution is -0.123. The molecule has 1 atom stereocenters. The standard InChI is InChI=1S/C20H28N4O/c1-23(2)17-8-5-7-16(13-17)18-9-6-12-24(18)14-19(25)22-20(15-21)10-3-4-11-20/h5,7-8,13,18H,3-4,6,9-12,14H2,1-2H3,(H,22,25). The third-order valence-corrected chi connectivity index (χ3v) is 5.53. The summed E-state index contributed by atoms with van der Waals surface area (Å²) in [4.78, 5) is 16.9. The molecule has 3 rings (SSSR count). The van der Waals surface area contributed by atoms with E-state index in [9.17, 15) is 10.1 Å². The van der Waals surface area contributed by atoms with Gasteiger partial charge in [0, 0.05) is 25.8 Å². The molecule has 1 saturated carbocycles. The molecule has 0 aromatic heterocycles. The number of benzene rings is 1. The Kier molecular flexibility index (Phi) is 5.29. The molecule has 1 unspecified atom stereocenters. The second kappa shape index (κ2) is 7.45. The summed E-state index contributed by atoms with van der Waals surface area (Å²) in [6.07, 6.45) is 5.79. The predicted octanol–water partition coefficient (Wildman–Crippen LogP) is 2.84. The monoisotopic (exact) mass is 340 g/mol. The highest BCUT2D eigenvalue weighted by Gasteiger charge is 2.36. The van der Waals surface area contributed by atoms with Gasteiger partial charge in [-0.05, 0) is 62.8 Å². The lowest BCUT2D eigenvalue weighted by Gasteiger charge is -2.28. The Labute approximate surface area is 150 Å². The van der Waals surface area contributed by atoms with E-state index in [1.165, 1.54) is 11.3 Å². The Morgan fingerprint density at radius 2 is 2.12 bits per heavy atom. The van der Waals surface area contributed by atoms with Crippen LogP contribution in [0.25, 0.3) is 0 Å². The van der Waals surface area contributed by atoms with Gasteiger partial charge in [-0.15, -0.1) is 0 Å². The summed E-state index contributed by atoms with van der Waals surface area (Å²) >= 11 is 0. The van der Waals surface area contributed by atoms with Crippen molar-refractivity contribution in [2.75, 3.05) is 32.1 Å². The third-order valence-electron chi connectivity index (χ3n) is 5.53. The first-order valence-electron chi connectivity index (χ1n) is 9.27. The van der Waals surface area contributed by atoms with Gasteiger partial charge in [0.25, 0.3) is 0 Å². The Morgan fingerprint density at radius 1 is 1.36 bits per heavy atom. The van der Waals surface area contributed by atoms with Gasteiger partial charge in [-0.25, -0.2) is 0 Å². The lowest BCUT2D eigenvalue weighted by atomic mass is 10.00. The van der Waals surface area contributed by atoms with E-state index in [2.05, 4.69) is 45.5 Å². The van der Waals surface area contributed by atoms with E-state index >= 15 is 0 Å². The highest BCUT2D eigenvalue weighted by molar-refractivity contribution is 5.79. The van der Waals surface area contributed by atoms with Gasteiger partial charge in [-0.1, -0.05) is 12.1 Å². The Balaban J connectivity index is 1.67. The first-order valence-corrected chi connectivity index (χ1v) is 9.27. The van der Waals surface area contributed by atoms with Crippen molar-refractivity contribution in [1.29, 1.82) is 5.26 Å². The first-order chi connectivity index (χ1) is 12.0. The molecule has 5 nitrogen and oxygen atoms in total. The molecule has 1 amide bonds. The molecule has 1 saturated heterocycles. The van der Waals surface area contributed by atoms with Gasteiger partial charge in [0.1, 0.15) is 5.54 Å². The average Bonchev–Trinajstić information content (AvgIpc) is 3.25. The number of carbonyl (C=O) groups is 1. The van der Waals surface area contributed by atoms with Gasteiger partial charge >= 0.3 is 0 Å². The van der Waals surface area contributed by atoms with Crippen LogP contribution < -0.4 is 10.2 Å². The molecule has 1 heterocycles. The summed E-state index contributed by atoms with van der Waals surface area (Å²) in [5, 5.41) is 12.5. The summed E-state index contributed by atoms with van der Waals surface area (Å²) in [5.74, 6) is -0.0147. The van der Waals surface area contributed by atoms with Crippen molar-refractivity contribution >= 4 is 11.6 Å². The second-order valence-corrected chi connectivity index (χ2v) is 7.57. The molecule has 2 aliphatic rings. The summed E-state index contributed by atoms with van der Waals surface area (Å²) < 4.78 is 0. The molecule has 0 radical (unpaired) electrons. The predicted molar refractivity (Wildman–Crippen MR) is 99.3 cm³/mol. The molecule has 1 N–H and O–H groups in total. The lowest BCUT2D eigenvalue weighted by Crippen LogP contribution is -2.48. The Morgan fingerprint density at radius 3 is 2.80 bits per heavy atom. The minimum absolute atomic E-state index is 0.0147. The van der Waals surface area contributed by atoms with E-state index in [0.717, 1.165) is 45.1 Å². The molecule has 0 spiro atoms. The average molecular weight is 340 g/mol. The van der Waals surface area contributed by atoms with Gasteiger partial charge in [0.2, 0.25) is 5.91 Å². The van der Waals surface area contributed by atoms with Crippen molar-refractivity contribution in [3.63, 3.8) is 0 Å². The van der Waals surface area contributed by atoms with Crippen LogP contribution in [0.3, 0.4) is 0 Å². The number of hydrogen-bond donors (Lipinski definition) is 1. The number of amides is 1. The topological polar surface area (TPSA) is 59.4 Å². The quantitative estimate of drug-likeness (QED) is 0.895. The zero-order valence-corrected chi connectivity index (χ0v) is 15.3. The highest BCUT2D eigenvalue weighted by Crippen LogP contribution is 2.33. The highest BCUT2D eigenvalue weighted by atomic mass is 16.2. The third kappa shape index (κ3) is 3.96. The van der Waals surface area contributed by atoms with E-state index < -0.39 is 5.54 Å². The smallest absolute Gasteiger partial charge is 0.235 e. The molecule has 1 aromatic carbocycles. The number of nitrogens with one attached hydrogen (secondary N) is 1. The van der Waals surface area contributed by atoms with Crippen LogP contribution >= 0.6 is 0 Å². The summed E-state index contributed by atoms with van der Waals surface area (Å²) in [5.41, 5.74) is 1.83. The molecule has 1 aliphatic heterocycles. The number of nitriles is 1. The molecular formula is C20H28N4O. The normalized spacial score (nSPS) is 22.5. The molecule has 2 fully saturated rings. The van der Waals surface area contributed by atoms with Crippen LogP contribution in [0.15, 0.2) is 24.3 Å². The summed E-state index contributed by atoms with van der Waals surface area (Å²) in [7, 11) is 4.09. The van der Waals surface area contributed by atoms with Gasteiger partial charge in [-0.2, -0.15) is 5.26 Å². The van der Waals surface area contributed by atoms with Crippen molar-refractivity contribution in [3.8, 4) is 6.07 Å². The maximum atomic E-state index is 12.6. The van der Waals surface area contributed by atoms with E-state index in [-0.39, 0.29) is 11.9 Å². The maximum absolute atomic E-state index is 12.6. The van der Waals surface area contributed by atoms with Crippen molar-refractivity contribution in [3.05, 3.63) is 29.8 Å². The van der Waals surface area contributed by atoms with Crippen LogP contribution in [-0.2, 0) is 4.79 Å². The molecule has 5 heteroatoms. The van der Waals surface area contributed by atoms with Crippen LogP contribution in [0.5, 0.6) is 0 Å². The zero-order valence-electron chi connectivity index (χ0n) is 15.3. The van der Waals surface area contributed by atoms with Gasteiger partial charge in [0.15, 0.2) is 0 Å². The molecule has 1 aliphatic carbocycles. The fourth-order valence-electron chi connectivity index (χ4n) is 4.14. The van der Waals surface area contributed by atoms with E-state index in [1.54, 1.807) is 0 Å². The first kappa shape index (κ1) is 17.8. The number of hydrogen-bond acceptors (Lipinski definition) is 4. The number of rotatable bonds is 5. The molecular weight excluding hydrogens is 312 g/mol. The molecule has 0 bridgehead atoms. The molecule has 1 aromatic rings. The largest absolute Gasteiger partial charge is 0.378 e. The Bertz CT molecular complexity index is 658. The summed E-state index contributed by atoms with van der Waals surface area (Å²) in [6, 6.07) is 11.2. The van der Waals surface area contributed by atoms with Crippen LogP contribution in [0, 0.1) is 11.3 Å². The van der Waals surface area contributed by atoms with Crippen LogP contribution in [0.1, 0.15) is 50.1 Å². The maximum Gasteiger partial charge on any atom is 0.235 e. The van der Waals surface area contributed by atoms with Crippen LogP contribution in [0.2, 0.25) is 0 Å². The molecule has 134 valence electrons. The Hall–Kier alpha value is -2.06. The van der Waals surface area contributed by atoms with E-state index in [4.69, 9.17) is 0 Å². The fraction of sp³-hybridized carbons (Fsp3) is 0.600. The fourth-order valence-corrected chi connectivity index (χ4v) is 4.14. The van der Waals surface area contributed by atoms with Gasteiger partial charge < -0.3 is 10.2 Å². The minimum Gasteiger partial charge on any atom is -0.378 e. The second-order valence-electron chi connectivity index (χ2n) is 7.57. The van der Waals surface area contributed by atoms with E-state index in [1.807, 2.05) is 14.1 Å². The SMILES string of the molecule is CN(C)c1cccc(C2CCCN2CC(=O)NC2(C#N)CCCC2)c1. The zero-order chi connectivity index (χ0) is 17.9. The number of carbonyl (C=O) groups excluding carboxylic acids is 1. The number of likely N-dealkylation sites (tertiary alicyclic amines) is 1. The molecule has 25 heavy (non-hydrogen) atoms. The number of nitrogens with zero attached hydrogens (tertiary/aromatic N) is 3. The van der Waals surface area contributed by atoms with Gasteiger partial charge in [-0.3, -0.25) is 9.69 Å². The number of anilines is 1. The van der Waals surface area contributed by atoms with Crippen molar-refractivity contribution < 1.29 is 4.79 Å². The van der Waals surface area contributed by atoms with Crippen molar-refractivity contribution in [2.45, 2.75) is 50.1 Å². The minimum atomic E-state index is -0.628. The van der Waals surface area contributed by atoms with Gasteiger partial charge in [0.05, 0.1) is 12.6 Å². The van der Waals surface area contributed by atoms with Crippen LogP contribution in [0.4, 0.5) is 5.69 Å². The van der Waals surface area contributed by atoms with Crippen molar-refractivity contribution in [1.82, 2.24) is 10.2 Å². The summed E-state index contributed by atoms with van der Waals surface area (Å²) in [6.45, 7) is 1.31.